The quantitative estimate of drug-likeness (QED) is 0.758. The monoisotopic (exact) mass is 388 g/mol. The fraction of sp³-hybridized carbons (Fsp3) is 0.263. The molecule has 1 fully saturated rings. The van der Waals surface area contributed by atoms with Crippen LogP contribution in [0.3, 0.4) is 0 Å². The molecule has 8 heteroatoms. The Labute approximate surface area is 157 Å². The lowest BCUT2D eigenvalue weighted by Gasteiger charge is -2.14. The largest absolute Gasteiger partial charge is 0.472 e. The molecule has 1 aromatic carbocycles. The molecule has 1 atom stereocenters. The van der Waals surface area contributed by atoms with Crippen molar-refractivity contribution < 1.29 is 22.4 Å². The van der Waals surface area contributed by atoms with Crippen molar-refractivity contribution in [3.8, 4) is 0 Å². The molecule has 0 radical (unpaired) electrons. The Morgan fingerprint density at radius 1 is 1.19 bits per heavy atom. The summed E-state index contributed by atoms with van der Waals surface area (Å²) in [6.07, 6.45) is 4.73. The molecule has 0 bridgehead atoms. The highest BCUT2D eigenvalue weighted by Gasteiger charge is 2.30. The number of hydrogen-bond donors (Lipinski definition) is 2. The van der Waals surface area contributed by atoms with Gasteiger partial charge in [0.05, 0.1) is 24.0 Å². The summed E-state index contributed by atoms with van der Waals surface area (Å²) < 4.78 is 28.2. The van der Waals surface area contributed by atoms with Crippen LogP contribution in [0.5, 0.6) is 0 Å². The van der Waals surface area contributed by atoms with Crippen molar-refractivity contribution in [2.24, 2.45) is 0 Å². The molecule has 0 spiro atoms. The molecular weight excluding hydrogens is 368 g/mol. The van der Waals surface area contributed by atoms with Gasteiger partial charge in [0.25, 0.3) is 11.8 Å². The Morgan fingerprint density at radius 2 is 1.93 bits per heavy atom. The first-order valence-electron chi connectivity index (χ1n) is 8.45. The number of hydrogen-bond acceptors (Lipinski definition) is 5. The summed E-state index contributed by atoms with van der Waals surface area (Å²) in [5.74, 6) is -1.02. The van der Waals surface area contributed by atoms with Crippen molar-refractivity contribution >= 4 is 27.7 Å². The van der Waals surface area contributed by atoms with E-state index in [1.165, 1.54) is 18.6 Å². The number of carbonyl (C=O) groups excluding carboxylic acids is 2. The summed E-state index contributed by atoms with van der Waals surface area (Å²) in [5, 5.41) is 5.29. The number of carbonyl (C=O) groups is 2. The molecule has 0 saturated carbocycles. The molecule has 1 aromatic heterocycles. The third kappa shape index (κ3) is 5.07. The third-order valence-corrected chi connectivity index (χ3v) is 6.00. The molecule has 27 heavy (non-hydrogen) atoms. The van der Waals surface area contributed by atoms with E-state index in [4.69, 9.17) is 4.42 Å². The van der Waals surface area contributed by atoms with E-state index in [1.807, 2.05) is 6.92 Å². The molecule has 2 N–H and O–H groups in total. The summed E-state index contributed by atoms with van der Waals surface area (Å²) in [4.78, 5) is 25.1. The van der Waals surface area contributed by atoms with Gasteiger partial charge < -0.3 is 15.1 Å². The highest BCUT2D eigenvalue weighted by molar-refractivity contribution is 7.91. The van der Waals surface area contributed by atoms with E-state index >= 15 is 0 Å². The number of nitrogens with one attached hydrogen (secondary N) is 2. The second-order valence-corrected chi connectivity index (χ2v) is 8.74. The fourth-order valence-electron chi connectivity index (χ4n) is 2.75. The molecule has 142 valence electrons. The van der Waals surface area contributed by atoms with E-state index < -0.39 is 27.7 Å². The minimum Gasteiger partial charge on any atom is -0.472 e. The van der Waals surface area contributed by atoms with E-state index in [2.05, 4.69) is 10.6 Å². The van der Waals surface area contributed by atoms with Crippen molar-refractivity contribution in [1.82, 2.24) is 10.6 Å². The minimum absolute atomic E-state index is 0.0197. The highest BCUT2D eigenvalue weighted by Crippen LogP contribution is 2.13. The Hall–Kier alpha value is -2.87. The number of benzene rings is 1. The summed E-state index contributed by atoms with van der Waals surface area (Å²) >= 11 is 0. The number of rotatable bonds is 5. The fourth-order valence-corrected chi connectivity index (χ4v) is 4.43. The van der Waals surface area contributed by atoms with Crippen LogP contribution in [0.15, 0.2) is 53.0 Å². The molecule has 2 heterocycles. The van der Waals surface area contributed by atoms with Crippen LogP contribution >= 0.6 is 0 Å². The van der Waals surface area contributed by atoms with E-state index in [-0.39, 0.29) is 17.2 Å². The molecule has 2 amide bonds. The van der Waals surface area contributed by atoms with Crippen LogP contribution in [0, 0.1) is 6.92 Å². The summed E-state index contributed by atoms with van der Waals surface area (Å²) in [6, 6.07) is 8.12. The Morgan fingerprint density at radius 3 is 2.52 bits per heavy atom. The van der Waals surface area contributed by atoms with Crippen molar-refractivity contribution in [1.29, 1.82) is 0 Å². The second kappa shape index (κ2) is 7.79. The predicted molar refractivity (Wildman–Crippen MR) is 101 cm³/mol. The topological polar surface area (TPSA) is 105 Å². The van der Waals surface area contributed by atoms with Gasteiger partial charge >= 0.3 is 0 Å². The van der Waals surface area contributed by atoms with Gasteiger partial charge in [-0.1, -0.05) is 17.7 Å². The maximum Gasteiger partial charge on any atom is 0.268 e. The molecule has 7 nitrogen and oxygen atoms in total. The van der Waals surface area contributed by atoms with Crippen molar-refractivity contribution in [2.45, 2.75) is 19.4 Å². The first-order chi connectivity index (χ1) is 12.8. The van der Waals surface area contributed by atoms with Gasteiger partial charge in [-0.25, -0.2) is 8.42 Å². The lowest BCUT2D eigenvalue weighted by atomic mass is 10.1. The molecule has 1 aliphatic heterocycles. The van der Waals surface area contributed by atoms with E-state index in [0.29, 0.717) is 17.5 Å². The first-order valence-corrected chi connectivity index (χ1v) is 10.3. The second-order valence-electron chi connectivity index (χ2n) is 6.51. The third-order valence-electron chi connectivity index (χ3n) is 4.23. The van der Waals surface area contributed by atoms with Gasteiger partial charge in [0.2, 0.25) is 0 Å². The van der Waals surface area contributed by atoms with Crippen molar-refractivity contribution in [3.05, 3.63) is 65.2 Å². The van der Waals surface area contributed by atoms with Gasteiger partial charge in [0.1, 0.15) is 5.70 Å². The maximum atomic E-state index is 12.6. The van der Waals surface area contributed by atoms with Gasteiger partial charge in [-0.3, -0.25) is 9.59 Å². The zero-order chi connectivity index (χ0) is 19.4. The van der Waals surface area contributed by atoms with Crippen LogP contribution < -0.4 is 10.6 Å². The smallest absolute Gasteiger partial charge is 0.268 e. The van der Waals surface area contributed by atoms with Crippen LogP contribution in [0.1, 0.15) is 27.9 Å². The van der Waals surface area contributed by atoms with Gasteiger partial charge in [0.15, 0.2) is 9.84 Å². The standard InChI is InChI=1S/C19H20N2O5S/c1-13-2-4-15(5-3-13)18(22)21-17(10-14-6-8-26-11-14)19(23)20-16-7-9-27(24,25)12-16/h2-6,8,10-11,16H,7,9,12H2,1H3,(H,20,23)(H,21,22). The number of sulfone groups is 1. The van der Waals surface area contributed by atoms with Crippen LogP contribution in [0.2, 0.25) is 0 Å². The van der Waals surface area contributed by atoms with Crippen LogP contribution in [0.25, 0.3) is 6.08 Å². The molecule has 3 rings (SSSR count). The van der Waals surface area contributed by atoms with E-state index in [1.54, 1.807) is 30.3 Å². The van der Waals surface area contributed by atoms with Crippen molar-refractivity contribution in [2.75, 3.05) is 11.5 Å². The lowest BCUT2D eigenvalue weighted by Crippen LogP contribution is -2.41. The SMILES string of the molecule is Cc1ccc(C(=O)NC(=Cc2ccoc2)C(=O)NC2CCS(=O)(=O)C2)cc1. The molecule has 1 saturated heterocycles. The average Bonchev–Trinajstić information content (AvgIpc) is 3.24. The number of furan rings is 1. The summed E-state index contributed by atoms with van der Waals surface area (Å²) in [6.45, 7) is 1.91. The Balaban J connectivity index is 1.77. The predicted octanol–water partition coefficient (Wildman–Crippen LogP) is 1.66. The minimum atomic E-state index is -3.12. The highest BCUT2D eigenvalue weighted by atomic mass is 32.2. The zero-order valence-electron chi connectivity index (χ0n) is 14.8. The zero-order valence-corrected chi connectivity index (χ0v) is 15.6. The van der Waals surface area contributed by atoms with E-state index in [0.717, 1.165) is 5.56 Å². The van der Waals surface area contributed by atoms with Gasteiger partial charge in [-0.05, 0) is 37.6 Å². The van der Waals surface area contributed by atoms with Crippen molar-refractivity contribution in [3.63, 3.8) is 0 Å². The molecule has 1 unspecified atom stereocenters. The maximum absolute atomic E-state index is 12.6. The summed E-state index contributed by atoms with van der Waals surface area (Å²) in [5.41, 5.74) is 2.05. The molecular formula is C19H20N2O5S. The van der Waals surface area contributed by atoms with Gasteiger partial charge in [0, 0.05) is 17.2 Å². The van der Waals surface area contributed by atoms with Gasteiger partial charge in [-0.2, -0.15) is 0 Å². The van der Waals surface area contributed by atoms with Gasteiger partial charge in [-0.15, -0.1) is 0 Å². The lowest BCUT2D eigenvalue weighted by molar-refractivity contribution is -0.118. The van der Waals surface area contributed by atoms with Crippen LogP contribution in [0.4, 0.5) is 0 Å². The molecule has 2 aromatic rings. The normalized spacial score (nSPS) is 18.9. The average molecular weight is 388 g/mol. The Kier molecular flexibility index (Phi) is 5.46. The summed E-state index contributed by atoms with van der Waals surface area (Å²) in [7, 11) is -3.12. The molecule has 0 aliphatic carbocycles. The van der Waals surface area contributed by atoms with E-state index in [9.17, 15) is 18.0 Å². The first kappa shape index (κ1) is 18.9. The number of aryl methyl sites for hydroxylation is 1. The molecule has 1 aliphatic rings. The Bertz CT molecular complexity index is 960. The van der Waals surface area contributed by atoms with Crippen LogP contribution in [-0.4, -0.2) is 37.8 Å². The van der Waals surface area contributed by atoms with Crippen LogP contribution in [-0.2, 0) is 14.6 Å². The number of amides is 2.